The molecule has 0 aliphatic heterocycles. The zero-order valence-corrected chi connectivity index (χ0v) is 17.7. The molecule has 5 nitrogen and oxygen atoms in total. The van der Waals surface area contributed by atoms with Gasteiger partial charge < -0.3 is 14.6 Å². The lowest BCUT2D eigenvalue weighted by Gasteiger charge is -2.33. The van der Waals surface area contributed by atoms with E-state index in [9.17, 15) is 49.1 Å². The molecular weight excluding hydrogens is 515 g/mol. The summed E-state index contributed by atoms with van der Waals surface area (Å²) >= 11 is 0. The molecule has 0 saturated heterocycles. The van der Waals surface area contributed by atoms with Crippen molar-refractivity contribution in [3.05, 3.63) is 65.7 Å². The molecule has 0 fully saturated rings. The van der Waals surface area contributed by atoms with Gasteiger partial charge in [-0.15, -0.1) is 0 Å². The number of carbonyl (C=O) groups is 2. The minimum Gasteiger partial charge on any atom is -0.493 e. The van der Waals surface area contributed by atoms with Gasteiger partial charge in [-0.3, -0.25) is 0 Å². The lowest BCUT2D eigenvalue weighted by atomic mass is 10.0. The fourth-order valence-electron chi connectivity index (χ4n) is 2.53. The van der Waals surface area contributed by atoms with E-state index in [0.717, 1.165) is 30.3 Å². The molecule has 14 heteroatoms. The van der Waals surface area contributed by atoms with Crippen molar-refractivity contribution < 1.29 is 63.7 Å². The maximum absolute atomic E-state index is 13.5. The van der Waals surface area contributed by atoms with E-state index < -0.39 is 48.9 Å². The van der Waals surface area contributed by atoms with E-state index in [2.05, 4.69) is 0 Å². The molecule has 0 radical (unpaired) electrons. The third-order valence-electron chi connectivity index (χ3n) is 4.49. The summed E-state index contributed by atoms with van der Waals surface area (Å²) in [5.74, 6) is -21.7. The number of carboxylic acid groups (broad SMARTS) is 1. The molecule has 196 valence electrons. The van der Waals surface area contributed by atoms with E-state index in [1.165, 1.54) is 30.3 Å². The molecule has 0 amide bonds. The molecule has 2 rings (SSSR count). The molecule has 0 spiro atoms. The number of carboxylic acids is 1. The molecule has 0 saturated carbocycles. The maximum Gasteiger partial charge on any atom is 0.460 e. The third-order valence-corrected chi connectivity index (χ3v) is 4.49. The lowest BCUT2D eigenvalue weighted by Crippen LogP contribution is -2.61. The molecule has 36 heavy (non-hydrogen) atoms. The summed E-state index contributed by atoms with van der Waals surface area (Å²) in [7, 11) is 0. The van der Waals surface area contributed by atoms with Crippen LogP contribution in [0.25, 0.3) is 6.08 Å². The van der Waals surface area contributed by atoms with Crippen molar-refractivity contribution in [2.75, 3.05) is 6.61 Å². The first-order valence-corrected chi connectivity index (χ1v) is 9.64. The van der Waals surface area contributed by atoms with Crippen molar-refractivity contribution >= 4 is 18.0 Å². The first-order valence-electron chi connectivity index (χ1n) is 9.64. The molecule has 0 aliphatic rings. The number of carbonyl (C=O) groups excluding carboxylic acids is 1. The summed E-state index contributed by atoms with van der Waals surface area (Å²) in [5, 5.41) is 8.57. The van der Waals surface area contributed by atoms with Crippen LogP contribution in [0.4, 0.5) is 39.5 Å². The quantitative estimate of drug-likeness (QED) is 0.170. The standard InChI is InChI=1S/C22H15F9O5/c23-19(24,20(25,26)21(27,28)22(29,30)31)11-12-35-15-8-4-14(5-9-15)18(34)36-16-6-1-13(2-7-16)3-10-17(32)33/h1-10H,11-12H2,(H,32,33). The Bertz CT molecular complexity index is 1090. The molecular formula is C22H15F9O5. The van der Waals surface area contributed by atoms with E-state index in [4.69, 9.17) is 14.6 Å². The van der Waals surface area contributed by atoms with Gasteiger partial charge in [0.2, 0.25) is 0 Å². The SMILES string of the molecule is O=C(O)C=Cc1ccc(OC(=O)c2ccc(OCCC(F)(F)C(F)(F)C(F)(F)C(F)(F)F)cc2)cc1. The number of aliphatic carboxylic acids is 1. The Labute approximate surface area is 196 Å². The number of ether oxygens (including phenoxy) is 2. The molecule has 2 aromatic rings. The highest BCUT2D eigenvalue weighted by molar-refractivity contribution is 5.91. The predicted octanol–water partition coefficient (Wildman–Crippen LogP) is 6.24. The normalized spacial score (nSPS) is 13.0. The summed E-state index contributed by atoms with van der Waals surface area (Å²) < 4.78 is 125. The zero-order chi connectivity index (χ0) is 27.4. The summed E-state index contributed by atoms with van der Waals surface area (Å²) in [6.45, 7) is -1.34. The largest absolute Gasteiger partial charge is 0.493 e. The Balaban J connectivity index is 1.95. The van der Waals surface area contributed by atoms with Crippen LogP contribution < -0.4 is 9.47 Å². The molecule has 2 aromatic carbocycles. The predicted molar refractivity (Wildman–Crippen MR) is 106 cm³/mol. The molecule has 0 aromatic heterocycles. The zero-order valence-electron chi connectivity index (χ0n) is 17.7. The topological polar surface area (TPSA) is 72.8 Å². The molecule has 0 aliphatic carbocycles. The van der Waals surface area contributed by atoms with Crippen molar-refractivity contribution in [3.8, 4) is 11.5 Å². The second kappa shape index (κ2) is 10.5. The van der Waals surface area contributed by atoms with Crippen LogP contribution in [0.3, 0.4) is 0 Å². The fourth-order valence-corrected chi connectivity index (χ4v) is 2.53. The summed E-state index contributed by atoms with van der Waals surface area (Å²) in [6, 6.07) is 9.89. The van der Waals surface area contributed by atoms with Crippen molar-refractivity contribution in [2.45, 2.75) is 30.4 Å². The number of esters is 1. The summed E-state index contributed by atoms with van der Waals surface area (Å²) in [6.07, 6.45) is -6.86. The number of alkyl halides is 9. The molecule has 0 heterocycles. The van der Waals surface area contributed by atoms with Crippen molar-refractivity contribution in [2.24, 2.45) is 0 Å². The van der Waals surface area contributed by atoms with E-state index in [-0.39, 0.29) is 17.1 Å². The van der Waals surface area contributed by atoms with E-state index in [1.54, 1.807) is 0 Å². The van der Waals surface area contributed by atoms with Gasteiger partial charge in [0.15, 0.2) is 0 Å². The van der Waals surface area contributed by atoms with Crippen molar-refractivity contribution in [1.29, 1.82) is 0 Å². The average Bonchev–Trinajstić information content (AvgIpc) is 2.78. The summed E-state index contributed by atoms with van der Waals surface area (Å²) in [4.78, 5) is 22.6. The van der Waals surface area contributed by atoms with Crippen LogP contribution in [0.2, 0.25) is 0 Å². The van der Waals surface area contributed by atoms with Gasteiger partial charge in [-0.25, -0.2) is 9.59 Å². The second-order valence-corrected chi connectivity index (χ2v) is 7.10. The van der Waals surface area contributed by atoms with Gasteiger partial charge in [0.25, 0.3) is 0 Å². The lowest BCUT2D eigenvalue weighted by molar-refractivity contribution is -0.397. The van der Waals surface area contributed by atoms with Crippen LogP contribution in [0.5, 0.6) is 11.5 Å². The number of halogens is 9. The monoisotopic (exact) mass is 530 g/mol. The number of rotatable bonds is 10. The van der Waals surface area contributed by atoms with Crippen molar-refractivity contribution in [1.82, 2.24) is 0 Å². The molecule has 0 unspecified atom stereocenters. The average molecular weight is 530 g/mol. The first kappa shape index (κ1) is 28.5. The Morgan fingerprint density at radius 3 is 1.81 bits per heavy atom. The Kier molecular flexibility index (Phi) is 8.32. The fraction of sp³-hybridized carbons (Fsp3) is 0.273. The third kappa shape index (κ3) is 6.49. The van der Waals surface area contributed by atoms with Gasteiger partial charge in [-0.1, -0.05) is 12.1 Å². The highest BCUT2D eigenvalue weighted by Crippen LogP contribution is 2.53. The number of hydrogen-bond acceptors (Lipinski definition) is 4. The van der Waals surface area contributed by atoms with Gasteiger partial charge in [-0.2, -0.15) is 39.5 Å². The van der Waals surface area contributed by atoms with Gasteiger partial charge >= 0.3 is 35.9 Å². The van der Waals surface area contributed by atoms with Gasteiger partial charge in [0.1, 0.15) is 11.5 Å². The second-order valence-electron chi connectivity index (χ2n) is 7.10. The van der Waals surface area contributed by atoms with E-state index >= 15 is 0 Å². The minimum atomic E-state index is -6.97. The smallest absolute Gasteiger partial charge is 0.460 e. The molecule has 1 N–H and O–H groups in total. The van der Waals surface area contributed by atoms with Crippen LogP contribution in [0, 0.1) is 0 Å². The van der Waals surface area contributed by atoms with Gasteiger partial charge in [0.05, 0.1) is 18.6 Å². The van der Waals surface area contributed by atoms with Crippen LogP contribution >= 0.6 is 0 Å². The van der Waals surface area contributed by atoms with E-state index in [1.807, 2.05) is 0 Å². The summed E-state index contributed by atoms with van der Waals surface area (Å²) in [5.41, 5.74) is 0.433. The van der Waals surface area contributed by atoms with Gasteiger partial charge in [-0.05, 0) is 48.0 Å². The van der Waals surface area contributed by atoms with Crippen LogP contribution in [-0.2, 0) is 4.79 Å². The Morgan fingerprint density at radius 2 is 1.31 bits per heavy atom. The highest BCUT2D eigenvalue weighted by atomic mass is 19.4. The van der Waals surface area contributed by atoms with Crippen LogP contribution in [-0.4, -0.2) is 47.6 Å². The molecule has 0 atom stereocenters. The Hall–Kier alpha value is -3.71. The highest BCUT2D eigenvalue weighted by Gasteiger charge is 2.81. The van der Waals surface area contributed by atoms with E-state index in [0.29, 0.717) is 5.56 Å². The van der Waals surface area contributed by atoms with Crippen LogP contribution in [0.1, 0.15) is 22.3 Å². The Morgan fingerprint density at radius 1 is 0.778 bits per heavy atom. The first-order chi connectivity index (χ1) is 16.5. The number of hydrogen-bond donors (Lipinski definition) is 1. The number of benzene rings is 2. The minimum absolute atomic E-state index is 0.0705. The van der Waals surface area contributed by atoms with Gasteiger partial charge in [0, 0.05) is 6.08 Å². The molecule has 0 bridgehead atoms. The van der Waals surface area contributed by atoms with Crippen molar-refractivity contribution in [3.63, 3.8) is 0 Å². The maximum atomic E-state index is 13.5. The van der Waals surface area contributed by atoms with Crippen LogP contribution in [0.15, 0.2) is 54.6 Å².